The van der Waals surface area contributed by atoms with Crippen LogP contribution >= 0.6 is 15.9 Å². The van der Waals surface area contributed by atoms with Crippen molar-refractivity contribution < 1.29 is 19.5 Å². The number of benzene rings is 2. The van der Waals surface area contributed by atoms with Gasteiger partial charge in [0.15, 0.2) is 0 Å². The number of aliphatic carboxylic acids is 1. The molecular weight excluding hydrogens is 400 g/mol. The molecule has 6 nitrogen and oxygen atoms in total. The van der Waals surface area contributed by atoms with Gasteiger partial charge in [0.2, 0.25) is 0 Å². The first-order chi connectivity index (χ1) is 12.5. The van der Waals surface area contributed by atoms with Crippen LogP contribution in [0, 0.1) is 0 Å². The maximum atomic E-state index is 12.4. The molecule has 0 aromatic heterocycles. The van der Waals surface area contributed by atoms with E-state index in [-0.39, 0.29) is 18.7 Å². The Kier molecular flexibility index (Phi) is 7.11. The van der Waals surface area contributed by atoms with Gasteiger partial charge in [0.05, 0.1) is 0 Å². The zero-order valence-electron chi connectivity index (χ0n) is 13.7. The van der Waals surface area contributed by atoms with Crippen LogP contribution in [0.2, 0.25) is 0 Å². The van der Waals surface area contributed by atoms with Crippen LogP contribution in [0.3, 0.4) is 0 Å². The normalized spacial score (nSPS) is 10.9. The minimum absolute atomic E-state index is 0.0134. The van der Waals surface area contributed by atoms with Crippen molar-refractivity contribution in [3.05, 3.63) is 75.9 Å². The van der Waals surface area contributed by atoms with E-state index in [1.165, 1.54) is 6.08 Å². The lowest BCUT2D eigenvalue weighted by molar-refractivity contribution is -0.305. The quantitative estimate of drug-likeness (QED) is 0.668. The van der Waals surface area contributed by atoms with Gasteiger partial charge in [-0.3, -0.25) is 9.59 Å². The summed E-state index contributed by atoms with van der Waals surface area (Å²) >= 11 is 3.29. The smallest absolute Gasteiger partial charge is 0.267 e. The maximum absolute atomic E-state index is 12.4. The number of hydrogen-bond acceptors (Lipinski definition) is 4. The van der Waals surface area contributed by atoms with E-state index < -0.39 is 17.8 Å². The van der Waals surface area contributed by atoms with Crippen molar-refractivity contribution in [1.82, 2.24) is 10.6 Å². The van der Waals surface area contributed by atoms with E-state index in [0.717, 1.165) is 4.47 Å². The van der Waals surface area contributed by atoms with E-state index in [0.29, 0.717) is 11.1 Å². The molecule has 0 aliphatic heterocycles. The third-order valence-electron chi connectivity index (χ3n) is 3.30. The molecule has 7 heteroatoms. The van der Waals surface area contributed by atoms with Gasteiger partial charge in [-0.1, -0.05) is 52.3 Å². The van der Waals surface area contributed by atoms with Gasteiger partial charge in [0.1, 0.15) is 5.70 Å². The number of rotatable bonds is 7. The standard InChI is InChI=1S/C19H17BrN2O4/c20-15-8-4-7-14(12-15)18(25)22-16(11-13-5-2-1-3-6-13)19(26)21-10-9-17(23)24/h1-8,11-12H,9-10H2,(H,21,26)(H,22,25)(H,23,24)/p-1/b16-11-. The van der Waals surface area contributed by atoms with E-state index in [1.54, 1.807) is 48.5 Å². The van der Waals surface area contributed by atoms with E-state index in [2.05, 4.69) is 26.6 Å². The van der Waals surface area contributed by atoms with Crippen LogP contribution in [-0.2, 0) is 9.59 Å². The number of carbonyl (C=O) groups is 3. The highest BCUT2D eigenvalue weighted by molar-refractivity contribution is 9.10. The van der Waals surface area contributed by atoms with Gasteiger partial charge in [-0.2, -0.15) is 0 Å². The second-order valence-corrected chi connectivity index (χ2v) is 6.23. The Labute approximate surface area is 159 Å². The van der Waals surface area contributed by atoms with Crippen LogP contribution in [0.5, 0.6) is 0 Å². The third-order valence-corrected chi connectivity index (χ3v) is 3.80. The minimum Gasteiger partial charge on any atom is -0.550 e. The summed E-state index contributed by atoms with van der Waals surface area (Å²) in [6.45, 7) is -0.0972. The van der Waals surface area contributed by atoms with Crippen molar-refractivity contribution in [3.63, 3.8) is 0 Å². The Bertz CT molecular complexity index is 834. The Morgan fingerprint density at radius 3 is 2.42 bits per heavy atom. The van der Waals surface area contributed by atoms with Crippen LogP contribution in [0.25, 0.3) is 6.08 Å². The molecule has 0 atom stereocenters. The van der Waals surface area contributed by atoms with Crippen LogP contribution in [0.4, 0.5) is 0 Å². The molecule has 0 saturated heterocycles. The third kappa shape index (κ3) is 6.18. The molecule has 0 bridgehead atoms. The van der Waals surface area contributed by atoms with Crippen LogP contribution in [0.15, 0.2) is 64.8 Å². The lowest BCUT2D eigenvalue weighted by Gasteiger charge is -2.11. The summed E-state index contributed by atoms with van der Waals surface area (Å²) in [5.41, 5.74) is 1.10. The number of carboxylic acid groups (broad SMARTS) is 1. The number of halogens is 1. The summed E-state index contributed by atoms with van der Waals surface area (Å²) in [5.74, 6) is -2.31. The fourth-order valence-corrected chi connectivity index (χ4v) is 2.47. The molecule has 134 valence electrons. The topological polar surface area (TPSA) is 98.3 Å². The second kappa shape index (κ2) is 9.53. The van der Waals surface area contributed by atoms with Crippen molar-refractivity contribution in [1.29, 1.82) is 0 Å². The summed E-state index contributed by atoms with van der Waals surface area (Å²) in [7, 11) is 0. The molecule has 0 unspecified atom stereocenters. The Morgan fingerprint density at radius 1 is 1.04 bits per heavy atom. The molecule has 2 aromatic rings. The molecule has 0 fully saturated rings. The number of hydrogen-bond donors (Lipinski definition) is 2. The lowest BCUT2D eigenvalue weighted by atomic mass is 10.1. The van der Waals surface area contributed by atoms with Crippen molar-refractivity contribution in [2.45, 2.75) is 6.42 Å². The molecule has 0 saturated carbocycles. The lowest BCUT2D eigenvalue weighted by Crippen LogP contribution is -2.37. The SMILES string of the molecule is O=C([O-])CCNC(=O)/C(=C/c1ccccc1)NC(=O)c1cccc(Br)c1. The molecule has 2 amide bonds. The van der Waals surface area contributed by atoms with Gasteiger partial charge >= 0.3 is 0 Å². The molecule has 0 heterocycles. The second-order valence-electron chi connectivity index (χ2n) is 5.31. The molecule has 0 radical (unpaired) electrons. The van der Waals surface area contributed by atoms with Gasteiger partial charge < -0.3 is 20.5 Å². The maximum Gasteiger partial charge on any atom is 0.267 e. The fraction of sp³-hybridized carbons (Fsp3) is 0.105. The van der Waals surface area contributed by atoms with Crippen molar-refractivity contribution in [2.75, 3.05) is 6.54 Å². The first-order valence-corrected chi connectivity index (χ1v) is 8.56. The molecule has 0 aliphatic carbocycles. The van der Waals surface area contributed by atoms with E-state index in [4.69, 9.17) is 0 Å². The molecular formula is C19H16BrN2O4-. The fourth-order valence-electron chi connectivity index (χ4n) is 2.07. The minimum atomic E-state index is -1.27. The van der Waals surface area contributed by atoms with Crippen molar-refractivity contribution in [3.8, 4) is 0 Å². The van der Waals surface area contributed by atoms with E-state index >= 15 is 0 Å². The molecule has 26 heavy (non-hydrogen) atoms. The Morgan fingerprint density at radius 2 is 1.77 bits per heavy atom. The molecule has 2 aromatic carbocycles. The van der Waals surface area contributed by atoms with Crippen molar-refractivity contribution >= 4 is 39.8 Å². The molecule has 0 spiro atoms. The van der Waals surface area contributed by atoms with E-state index in [1.807, 2.05) is 6.07 Å². The summed E-state index contributed by atoms with van der Waals surface area (Å²) in [6.07, 6.45) is 1.20. The molecule has 0 aliphatic rings. The predicted molar refractivity (Wildman–Crippen MR) is 98.7 cm³/mol. The highest BCUT2D eigenvalue weighted by Gasteiger charge is 2.14. The number of amides is 2. The summed E-state index contributed by atoms with van der Waals surface area (Å²) in [4.78, 5) is 35.3. The van der Waals surface area contributed by atoms with Gasteiger partial charge in [-0.15, -0.1) is 0 Å². The summed E-state index contributed by atoms with van der Waals surface area (Å²) < 4.78 is 0.733. The average Bonchev–Trinajstić information content (AvgIpc) is 2.61. The number of carbonyl (C=O) groups excluding carboxylic acids is 3. The van der Waals surface area contributed by atoms with Crippen molar-refractivity contribution in [2.24, 2.45) is 0 Å². The van der Waals surface area contributed by atoms with Gasteiger partial charge in [0, 0.05) is 29.0 Å². The molecule has 2 N–H and O–H groups in total. The zero-order valence-corrected chi connectivity index (χ0v) is 15.3. The van der Waals surface area contributed by atoms with Gasteiger partial charge in [-0.05, 0) is 29.8 Å². The largest absolute Gasteiger partial charge is 0.550 e. The highest BCUT2D eigenvalue weighted by atomic mass is 79.9. The average molecular weight is 416 g/mol. The number of carboxylic acids is 1. The van der Waals surface area contributed by atoms with Gasteiger partial charge in [-0.25, -0.2) is 0 Å². The summed E-state index contributed by atoms with van der Waals surface area (Å²) in [6, 6.07) is 15.7. The zero-order chi connectivity index (χ0) is 18.9. The Balaban J connectivity index is 2.20. The first-order valence-electron chi connectivity index (χ1n) is 7.77. The van der Waals surface area contributed by atoms with Crippen LogP contribution < -0.4 is 15.7 Å². The van der Waals surface area contributed by atoms with Crippen LogP contribution in [-0.4, -0.2) is 24.3 Å². The predicted octanol–water partition coefficient (Wildman–Crippen LogP) is 1.48. The Hall–Kier alpha value is -2.93. The number of nitrogens with one attached hydrogen (secondary N) is 2. The highest BCUT2D eigenvalue weighted by Crippen LogP contribution is 2.12. The molecule has 2 rings (SSSR count). The monoisotopic (exact) mass is 415 g/mol. The summed E-state index contributed by atoms with van der Waals surface area (Å²) in [5, 5.41) is 15.5. The van der Waals surface area contributed by atoms with Gasteiger partial charge in [0.25, 0.3) is 11.8 Å². The van der Waals surface area contributed by atoms with E-state index in [9.17, 15) is 19.5 Å². The first kappa shape index (κ1) is 19.4. The van der Waals surface area contributed by atoms with Crippen LogP contribution in [0.1, 0.15) is 22.3 Å².